The maximum atomic E-state index is 10.7. The molecule has 0 spiro atoms. The van der Waals surface area contributed by atoms with Gasteiger partial charge in [0, 0.05) is 29.2 Å². The fraction of sp³-hybridized carbons (Fsp3) is 0. The van der Waals surface area contributed by atoms with Crippen molar-refractivity contribution in [3.05, 3.63) is 82.9 Å². The van der Waals surface area contributed by atoms with Gasteiger partial charge in [0.15, 0.2) is 0 Å². The summed E-state index contributed by atoms with van der Waals surface area (Å²) in [4.78, 5) is 10.2. The SMILES string of the molecule is O=[N+]([O-])c1ccc(Nc2ccc(NC(=S)Oc3ccc(O)cc3)cc2)cc1. The zero-order valence-corrected chi connectivity index (χ0v) is 14.8. The van der Waals surface area contributed by atoms with E-state index in [1.54, 1.807) is 24.3 Å². The minimum atomic E-state index is -0.437. The van der Waals surface area contributed by atoms with Crippen LogP contribution in [0.5, 0.6) is 11.5 Å². The number of nitrogens with one attached hydrogen (secondary N) is 2. The number of phenolic OH excluding ortho intramolecular Hbond substituents is 1. The molecule has 3 aromatic carbocycles. The van der Waals surface area contributed by atoms with E-state index in [0.29, 0.717) is 5.75 Å². The van der Waals surface area contributed by atoms with Gasteiger partial charge in [0.25, 0.3) is 10.9 Å². The molecule has 0 saturated carbocycles. The zero-order chi connectivity index (χ0) is 19.2. The Labute approximate surface area is 160 Å². The van der Waals surface area contributed by atoms with Crippen molar-refractivity contribution in [1.29, 1.82) is 0 Å². The number of phenols is 1. The summed E-state index contributed by atoms with van der Waals surface area (Å²) in [6.45, 7) is 0. The monoisotopic (exact) mass is 381 g/mol. The van der Waals surface area contributed by atoms with Crippen LogP contribution in [0, 0.1) is 10.1 Å². The Bertz CT molecular complexity index is 942. The third kappa shape index (κ3) is 5.16. The van der Waals surface area contributed by atoms with Crippen molar-refractivity contribution in [2.24, 2.45) is 0 Å². The molecular formula is C19H15N3O4S. The fourth-order valence-corrected chi connectivity index (χ4v) is 2.45. The molecule has 0 atom stereocenters. The van der Waals surface area contributed by atoms with Gasteiger partial charge in [-0.15, -0.1) is 0 Å². The lowest BCUT2D eigenvalue weighted by Crippen LogP contribution is -2.16. The molecule has 0 aliphatic carbocycles. The zero-order valence-electron chi connectivity index (χ0n) is 14.0. The average molecular weight is 381 g/mol. The largest absolute Gasteiger partial charge is 0.508 e. The number of ether oxygens (including phenoxy) is 1. The maximum absolute atomic E-state index is 10.7. The first kappa shape index (κ1) is 18.2. The van der Waals surface area contributed by atoms with Crippen molar-refractivity contribution >= 4 is 40.1 Å². The Hall–Kier alpha value is -3.65. The number of thiocarbonyl (C=S) groups is 1. The summed E-state index contributed by atoms with van der Waals surface area (Å²) in [6, 6.07) is 19.7. The third-order valence-corrected chi connectivity index (χ3v) is 3.73. The summed E-state index contributed by atoms with van der Waals surface area (Å²) in [5.74, 6) is 0.666. The van der Waals surface area contributed by atoms with Crippen LogP contribution in [0.15, 0.2) is 72.8 Å². The number of aromatic hydroxyl groups is 1. The predicted octanol–water partition coefficient (Wildman–Crippen LogP) is 4.82. The van der Waals surface area contributed by atoms with E-state index in [1.165, 1.54) is 24.3 Å². The average Bonchev–Trinajstić information content (AvgIpc) is 2.66. The van der Waals surface area contributed by atoms with Crippen LogP contribution in [-0.2, 0) is 0 Å². The van der Waals surface area contributed by atoms with E-state index in [1.807, 2.05) is 24.3 Å². The number of hydrogen-bond donors (Lipinski definition) is 3. The van der Waals surface area contributed by atoms with E-state index in [2.05, 4.69) is 10.6 Å². The molecule has 0 amide bonds. The van der Waals surface area contributed by atoms with Gasteiger partial charge < -0.3 is 20.5 Å². The number of nitro benzene ring substituents is 1. The lowest BCUT2D eigenvalue weighted by Gasteiger charge is -2.11. The molecule has 27 heavy (non-hydrogen) atoms. The lowest BCUT2D eigenvalue weighted by atomic mass is 10.2. The van der Waals surface area contributed by atoms with Crippen LogP contribution in [0.3, 0.4) is 0 Å². The predicted molar refractivity (Wildman–Crippen MR) is 108 cm³/mol. The Morgan fingerprint density at radius 1 is 0.889 bits per heavy atom. The van der Waals surface area contributed by atoms with Gasteiger partial charge in [-0.25, -0.2) is 0 Å². The molecule has 0 aromatic heterocycles. The number of benzene rings is 3. The van der Waals surface area contributed by atoms with Crippen LogP contribution in [0.4, 0.5) is 22.7 Å². The van der Waals surface area contributed by atoms with Gasteiger partial charge in [-0.05, 0) is 72.9 Å². The smallest absolute Gasteiger partial charge is 0.269 e. The van der Waals surface area contributed by atoms with Crippen molar-refractivity contribution < 1.29 is 14.8 Å². The van der Waals surface area contributed by atoms with Crippen molar-refractivity contribution in [3.63, 3.8) is 0 Å². The Morgan fingerprint density at radius 3 is 1.96 bits per heavy atom. The normalized spacial score (nSPS) is 10.1. The molecule has 3 N–H and O–H groups in total. The number of non-ortho nitro benzene ring substituents is 1. The van der Waals surface area contributed by atoms with Crippen LogP contribution in [0.2, 0.25) is 0 Å². The number of rotatable bonds is 5. The van der Waals surface area contributed by atoms with Crippen molar-refractivity contribution in [1.82, 2.24) is 0 Å². The quantitative estimate of drug-likeness (QED) is 0.331. The van der Waals surface area contributed by atoms with Gasteiger partial charge in [-0.3, -0.25) is 10.1 Å². The highest BCUT2D eigenvalue weighted by molar-refractivity contribution is 7.80. The van der Waals surface area contributed by atoms with Crippen LogP contribution in [0.1, 0.15) is 0 Å². The molecule has 0 radical (unpaired) electrons. The molecule has 3 rings (SSSR count). The number of nitrogens with zero attached hydrogens (tertiary/aromatic N) is 1. The first-order chi connectivity index (χ1) is 13.0. The van der Waals surface area contributed by atoms with Gasteiger partial charge >= 0.3 is 0 Å². The Balaban J connectivity index is 1.57. The van der Waals surface area contributed by atoms with Crippen LogP contribution in [-0.4, -0.2) is 15.2 Å². The van der Waals surface area contributed by atoms with E-state index in [4.69, 9.17) is 17.0 Å². The molecule has 136 valence electrons. The van der Waals surface area contributed by atoms with E-state index in [-0.39, 0.29) is 16.6 Å². The standard InChI is InChI=1S/C19H15N3O4S/c23-17-9-11-18(12-10-17)26-19(27)21-15-3-1-13(2-4-15)20-14-5-7-16(8-6-14)22(24)25/h1-12,20,23H,(H,21,27). The molecule has 7 nitrogen and oxygen atoms in total. The second-order valence-electron chi connectivity index (χ2n) is 5.51. The summed E-state index contributed by atoms with van der Waals surface area (Å²) in [6.07, 6.45) is 0. The van der Waals surface area contributed by atoms with E-state index >= 15 is 0 Å². The van der Waals surface area contributed by atoms with Crippen molar-refractivity contribution in [3.8, 4) is 11.5 Å². The molecule has 8 heteroatoms. The molecule has 0 aliphatic heterocycles. The summed E-state index contributed by atoms with van der Waals surface area (Å²) >= 11 is 5.16. The maximum Gasteiger partial charge on any atom is 0.269 e. The molecule has 0 unspecified atom stereocenters. The summed E-state index contributed by atoms with van der Waals surface area (Å²) < 4.78 is 5.47. The van der Waals surface area contributed by atoms with Crippen molar-refractivity contribution in [2.45, 2.75) is 0 Å². The van der Waals surface area contributed by atoms with Crippen LogP contribution in [0.25, 0.3) is 0 Å². The molecule has 0 saturated heterocycles. The second-order valence-corrected chi connectivity index (χ2v) is 5.89. The first-order valence-corrected chi connectivity index (χ1v) is 8.30. The summed E-state index contributed by atoms with van der Waals surface area (Å²) in [5.41, 5.74) is 2.35. The third-order valence-electron chi connectivity index (χ3n) is 3.55. The topological polar surface area (TPSA) is 96.7 Å². The van der Waals surface area contributed by atoms with Crippen LogP contribution >= 0.6 is 12.2 Å². The number of hydrogen-bond acceptors (Lipinski definition) is 6. The molecule has 0 bridgehead atoms. The number of anilines is 3. The van der Waals surface area contributed by atoms with Gasteiger partial charge in [-0.2, -0.15) is 0 Å². The molecule has 0 fully saturated rings. The molecule has 0 heterocycles. The summed E-state index contributed by atoms with van der Waals surface area (Å²) in [7, 11) is 0. The molecule has 3 aromatic rings. The van der Waals surface area contributed by atoms with Gasteiger partial charge in [0.2, 0.25) is 0 Å². The highest BCUT2D eigenvalue weighted by atomic mass is 32.1. The van der Waals surface area contributed by atoms with Crippen molar-refractivity contribution in [2.75, 3.05) is 10.6 Å². The van der Waals surface area contributed by atoms with Gasteiger partial charge in [-0.1, -0.05) is 0 Å². The minimum absolute atomic E-state index is 0.0437. The highest BCUT2D eigenvalue weighted by Gasteiger charge is 2.05. The minimum Gasteiger partial charge on any atom is -0.508 e. The molecule has 0 aliphatic rings. The van der Waals surface area contributed by atoms with E-state index < -0.39 is 4.92 Å². The Morgan fingerprint density at radius 2 is 1.41 bits per heavy atom. The fourth-order valence-electron chi connectivity index (χ4n) is 2.23. The Kier molecular flexibility index (Phi) is 5.48. The second kappa shape index (κ2) is 8.15. The van der Waals surface area contributed by atoms with Crippen LogP contribution < -0.4 is 15.4 Å². The molecular weight excluding hydrogens is 366 g/mol. The summed E-state index contributed by atoms with van der Waals surface area (Å²) in [5, 5.41) is 26.2. The highest BCUT2D eigenvalue weighted by Crippen LogP contribution is 2.22. The van der Waals surface area contributed by atoms with E-state index in [0.717, 1.165) is 17.1 Å². The lowest BCUT2D eigenvalue weighted by molar-refractivity contribution is -0.384. The van der Waals surface area contributed by atoms with Gasteiger partial charge in [0.1, 0.15) is 11.5 Å². The van der Waals surface area contributed by atoms with Gasteiger partial charge in [0.05, 0.1) is 4.92 Å². The first-order valence-electron chi connectivity index (χ1n) is 7.89. The number of nitro groups is 1. The van der Waals surface area contributed by atoms with E-state index in [9.17, 15) is 15.2 Å².